The van der Waals surface area contributed by atoms with Crippen LogP contribution in [0, 0.1) is 5.41 Å². The van der Waals surface area contributed by atoms with E-state index in [1.807, 2.05) is 17.0 Å². The molecule has 2 aromatic carbocycles. The minimum atomic E-state index is 0.205. The van der Waals surface area contributed by atoms with E-state index >= 15 is 0 Å². The lowest BCUT2D eigenvalue weighted by molar-refractivity contribution is 0.801. The quantitative estimate of drug-likeness (QED) is 0.597. The van der Waals surface area contributed by atoms with Crippen molar-refractivity contribution in [3.63, 3.8) is 0 Å². The van der Waals surface area contributed by atoms with Gasteiger partial charge in [-0.15, -0.1) is 0 Å². The topological polar surface area (TPSA) is 39.1 Å². The van der Waals surface area contributed by atoms with E-state index in [2.05, 4.69) is 69.4 Å². The highest BCUT2D eigenvalue weighted by Crippen LogP contribution is 2.21. The van der Waals surface area contributed by atoms with Crippen molar-refractivity contribution in [3.05, 3.63) is 59.7 Å². The first-order valence-corrected chi connectivity index (χ1v) is 8.37. The highest BCUT2D eigenvalue weighted by Gasteiger charge is 2.16. The number of rotatable bonds is 5. The third-order valence-electron chi connectivity index (χ3n) is 3.95. The van der Waals surface area contributed by atoms with Crippen molar-refractivity contribution >= 4 is 17.3 Å². The molecule has 0 aromatic heterocycles. The molecule has 2 N–H and O–H groups in total. The number of benzene rings is 2. The molecule has 0 saturated carbocycles. The first kappa shape index (κ1) is 17.1. The molecule has 3 nitrogen and oxygen atoms in total. The second-order valence-electron chi connectivity index (χ2n) is 6.01. The smallest absolute Gasteiger partial charge is 0.200 e. The van der Waals surface area contributed by atoms with Crippen molar-refractivity contribution in [2.24, 2.45) is 0 Å². The monoisotopic (exact) mass is 309 g/mol. The number of hydrogen-bond donors (Lipinski definition) is 2. The Bertz CT molecular complexity index is 661. The summed E-state index contributed by atoms with van der Waals surface area (Å²) >= 11 is 0. The van der Waals surface area contributed by atoms with Gasteiger partial charge in [0.2, 0.25) is 0 Å². The fourth-order valence-corrected chi connectivity index (χ4v) is 2.68. The Balaban J connectivity index is 2.24. The number of nitrogens with one attached hydrogen (secondary N) is 2. The average Bonchev–Trinajstić information content (AvgIpc) is 2.55. The highest BCUT2D eigenvalue weighted by molar-refractivity contribution is 6.03. The summed E-state index contributed by atoms with van der Waals surface area (Å²) in [5.41, 5.74) is 4.58. The lowest BCUT2D eigenvalue weighted by Crippen LogP contribution is -2.40. The van der Waals surface area contributed by atoms with Gasteiger partial charge in [0.25, 0.3) is 0 Å². The number of guanidine groups is 1. The van der Waals surface area contributed by atoms with Crippen molar-refractivity contribution in [2.75, 3.05) is 10.2 Å². The Hall–Kier alpha value is -2.29. The lowest BCUT2D eigenvalue weighted by Gasteiger charge is -2.30. The van der Waals surface area contributed by atoms with Gasteiger partial charge in [0.1, 0.15) is 0 Å². The van der Waals surface area contributed by atoms with Gasteiger partial charge in [0.05, 0.1) is 0 Å². The standard InChI is InChI=1S/C20H27N3/c1-5-16-9-7-11-18(13-16)22-20(21)23(15(3)4)19-12-8-10-17(6-2)14-19/h7-15H,5-6H2,1-4H3,(H2,21,22). The third-order valence-corrected chi connectivity index (χ3v) is 3.95. The molecule has 0 heterocycles. The molecule has 0 amide bonds. The van der Waals surface area contributed by atoms with E-state index in [0.717, 1.165) is 24.2 Å². The molecule has 0 fully saturated rings. The molecule has 0 aliphatic carbocycles. The molecule has 0 atom stereocenters. The van der Waals surface area contributed by atoms with Crippen LogP contribution in [0.5, 0.6) is 0 Å². The van der Waals surface area contributed by atoms with Crippen LogP contribution in [0.4, 0.5) is 11.4 Å². The Morgan fingerprint density at radius 1 is 1.00 bits per heavy atom. The Morgan fingerprint density at radius 3 is 2.22 bits per heavy atom. The van der Waals surface area contributed by atoms with Crippen molar-refractivity contribution < 1.29 is 0 Å². The molecule has 0 aliphatic heterocycles. The predicted molar refractivity (Wildman–Crippen MR) is 101 cm³/mol. The fraction of sp³-hybridized carbons (Fsp3) is 0.350. The van der Waals surface area contributed by atoms with Crippen LogP contribution in [0.2, 0.25) is 0 Å². The molecule has 0 radical (unpaired) electrons. The van der Waals surface area contributed by atoms with Crippen LogP contribution >= 0.6 is 0 Å². The summed E-state index contributed by atoms with van der Waals surface area (Å²) in [4.78, 5) is 2.03. The van der Waals surface area contributed by atoms with Crippen molar-refractivity contribution in [2.45, 2.75) is 46.6 Å². The third kappa shape index (κ3) is 4.35. The van der Waals surface area contributed by atoms with Gasteiger partial charge >= 0.3 is 0 Å². The minimum absolute atomic E-state index is 0.205. The first-order valence-electron chi connectivity index (χ1n) is 8.37. The number of anilines is 2. The fourth-order valence-electron chi connectivity index (χ4n) is 2.68. The predicted octanol–water partition coefficient (Wildman–Crippen LogP) is 5.07. The van der Waals surface area contributed by atoms with Crippen LogP contribution < -0.4 is 10.2 Å². The van der Waals surface area contributed by atoms with E-state index in [4.69, 9.17) is 5.41 Å². The molecule has 122 valence electrons. The van der Waals surface area contributed by atoms with Crippen molar-refractivity contribution in [1.29, 1.82) is 5.41 Å². The van der Waals surface area contributed by atoms with Crippen molar-refractivity contribution in [3.8, 4) is 0 Å². The molecular formula is C20H27N3. The van der Waals surface area contributed by atoms with Crippen LogP contribution in [0.1, 0.15) is 38.8 Å². The summed E-state index contributed by atoms with van der Waals surface area (Å²) in [6, 6.07) is 16.9. The zero-order valence-electron chi connectivity index (χ0n) is 14.6. The van der Waals surface area contributed by atoms with Crippen LogP contribution in [0.3, 0.4) is 0 Å². The van der Waals surface area contributed by atoms with E-state index in [1.165, 1.54) is 11.1 Å². The van der Waals surface area contributed by atoms with Gasteiger partial charge in [-0.05, 0) is 62.1 Å². The van der Waals surface area contributed by atoms with Gasteiger partial charge in [-0.2, -0.15) is 0 Å². The normalized spacial score (nSPS) is 10.7. The second kappa shape index (κ2) is 7.82. The molecule has 2 aromatic rings. The number of nitrogens with zero attached hydrogens (tertiary/aromatic N) is 1. The summed E-state index contributed by atoms with van der Waals surface area (Å²) in [7, 11) is 0. The van der Waals surface area contributed by atoms with E-state index in [1.54, 1.807) is 0 Å². The molecular weight excluding hydrogens is 282 g/mol. The maximum absolute atomic E-state index is 8.52. The van der Waals surface area contributed by atoms with Crippen LogP contribution in [0.25, 0.3) is 0 Å². The summed E-state index contributed by atoms with van der Waals surface area (Å²) in [5, 5.41) is 11.8. The van der Waals surface area contributed by atoms with E-state index in [0.29, 0.717) is 5.96 Å². The van der Waals surface area contributed by atoms with E-state index in [-0.39, 0.29) is 6.04 Å². The summed E-state index contributed by atoms with van der Waals surface area (Å²) in [6.45, 7) is 8.51. The minimum Gasteiger partial charge on any atom is -0.326 e. The molecule has 2 rings (SSSR count). The molecule has 0 saturated heterocycles. The van der Waals surface area contributed by atoms with Gasteiger partial charge in [-0.1, -0.05) is 38.1 Å². The Morgan fingerprint density at radius 2 is 1.61 bits per heavy atom. The van der Waals surface area contributed by atoms with Gasteiger partial charge in [-0.3, -0.25) is 5.41 Å². The van der Waals surface area contributed by atoms with Gasteiger partial charge in [0.15, 0.2) is 5.96 Å². The lowest BCUT2D eigenvalue weighted by atomic mass is 10.1. The van der Waals surface area contributed by atoms with Gasteiger partial charge < -0.3 is 10.2 Å². The van der Waals surface area contributed by atoms with Crippen LogP contribution in [-0.2, 0) is 12.8 Å². The van der Waals surface area contributed by atoms with E-state index < -0.39 is 0 Å². The maximum Gasteiger partial charge on any atom is 0.200 e. The molecule has 0 spiro atoms. The molecule has 0 unspecified atom stereocenters. The van der Waals surface area contributed by atoms with E-state index in [9.17, 15) is 0 Å². The first-order chi connectivity index (χ1) is 11.0. The zero-order chi connectivity index (χ0) is 16.8. The number of aryl methyl sites for hydroxylation is 2. The van der Waals surface area contributed by atoms with Gasteiger partial charge in [-0.25, -0.2) is 0 Å². The van der Waals surface area contributed by atoms with Gasteiger partial charge in [0, 0.05) is 17.4 Å². The second-order valence-corrected chi connectivity index (χ2v) is 6.01. The Kier molecular flexibility index (Phi) is 5.80. The van der Waals surface area contributed by atoms with Crippen LogP contribution in [-0.4, -0.2) is 12.0 Å². The molecule has 3 heteroatoms. The maximum atomic E-state index is 8.52. The Labute approximate surface area is 139 Å². The van der Waals surface area contributed by atoms with Crippen molar-refractivity contribution in [1.82, 2.24) is 0 Å². The molecule has 0 bridgehead atoms. The van der Waals surface area contributed by atoms with Crippen LogP contribution in [0.15, 0.2) is 48.5 Å². The zero-order valence-corrected chi connectivity index (χ0v) is 14.6. The largest absolute Gasteiger partial charge is 0.326 e. The summed E-state index contributed by atoms with van der Waals surface area (Å²) in [6.07, 6.45) is 1.99. The molecule has 0 aliphatic rings. The summed E-state index contributed by atoms with van der Waals surface area (Å²) < 4.78 is 0. The average molecular weight is 309 g/mol. The molecule has 23 heavy (non-hydrogen) atoms. The summed E-state index contributed by atoms with van der Waals surface area (Å²) in [5.74, 6) is 0.404. The highest BCUT2D eigenvalue weighted by atomic mass is 15.3. The number of hydrogen-bond acceptors (Lipinski definition) is 1. The SMILES string of the molecule is CCc1cccc(NC(=N)N(c2cccc(CC)c2)C(C)C)c1.